The lowest BCUT2D eigenvalue weighted by Crippen LogP contribution is -2.19. The molecule has 4 N–H and O–H groups in total. The van der Waals surface area contributed by atoms with E-state index in [1.54, 1.807) is 49.3 Å². The van der Waals surface area contributed by atoms with E-state index in [1.807, 2.05) is 66.7 Å². The van der Waals surface area contributed by atoms with Crippen molar-refractivity contribution in [2.45, 2.75) is 0 Å². The quantitative estimate of drug-likeness (QED) is 0.159. The summed E-state index contributed by atoms with van der Waals surface area (Å²) in [5, 5.41) is 15.7. The van der Waals surface area contributed by atoms with Gasteiger partial charge >= 0.3 is 0 Å². The Bertz CT molecular complexity index is 2830. The van der Waals surface area contributed by atoms with Gasteiger partial charge in [-0.3, -0.25) is 25.1 Å². The zero-order valence-corrected chi connectivity index (χ0v) is 27.0. The van der Waals surface area contributed by atoms with Gasteiger partial charge in [-0.25, -0.2) is 0 Å². The van der Waals surface area contributed by atoms with Crippen LogP contribution < -0.4 is 21.4 Å². The van der Waals surface area contributed by atoms with E-state index in [0.29, 0.717) is 11.1 Å². The van der Waals surface area contributed by atoms with Crippen LogP contribution in [0.25, 0.3) is 22.3 Å². The van der Waals surface area contributed by atoms with Crippen LogP contribution in [0.5, 0.6) is 0 Å². The maximum Gasteiger partial charge on any atom is 0.277 e. The van der Waals surface area contributed by atoms with E-state index in [4.69, 9.17) is 0 Å². The summed E-state index contributed by atoms with van der Waals surface area (Å²) < 4.78 is 0. The molecule has 244 valence electrons. The van der Waals surface area contributed by atoms with Gasteiger partial charge in [0, 0.05) is 110 Å². The van der Waals surface area contributed by atoms with Crippen molar-refractivity contribution < 1.29 is 4.92 Å². The molecule has 7 aromatic heterocycles. The van der Waals surface area contributed by atoms with E-state index in [1.165, 1.54) is 6.07 Å². The van der Waals surface area contributed by atoms with Crippen LogP contribution in [-0.4, -0.2) is 39.8 Å². The number of nitrogens with one attached hydrogen (secondary N) is 4. The molecule has 0 amide bonds. The number of nitro groups is 1. The maximum absolute atomic E-state index is 12.4. The second kappa shape index (κ2) is 12.3. The van der Waals surface area contributed by atoms with Crippen LogP contribution in [0.4, 0.5) is 5.69 Å². The molecule has 0 aliphatic carbocycles. The van der Waals surface area contributed by atoms with Crippen molar-refractivity contribution in [1.82, 2.24) is 34.9 Å². The predicted molar refractivity (Wildman–Crippen MR) is 194 cm³/mol. The van der Waals surface area contributed by atoms with Gasteiger partial charge in [-0.15, -0.1) is 0 Å². The second-order valence-corrected chi connectivity index (χ2v) is 12.1. The number of nitro benzene ring substituents is 1. The molecule has 0 saturated carbocycles. The van der Waals surface area contributed by atoms with Crippen LogP contribution >= 0.6 is 0 Å². The number of aromatic amines is 4. The number of pyridine rings is 3. The SMILES string of the molecule is O=[N+]([O-])c1ccccc1C1=c2ccc([nH]2)=C(c2ccncc2)c2ccc([nH]2)C(c2ccncc2)=c2ccc([nH]2)=C(c2ccncc2)c2ccc1[nH]2. The van der Waals surface area contributed by atoms with Gasteiger partial charge in [-0.05, 0) is 108 Å². The van der Waals surface area contributed by atoms with Gasteiger partial charge in [0.15, 0.2) is 0 Å². The number of hydrogen-bond donors (Lipinski definition) is 4. The highest BCUT2D eigenvalue weighted by Crippen LogP contribution is 2.31. The zero-order chi connectivity index (χ0) is 34.3. The van der Waals surface area contributed by atoms with Crippen LogP contribution in [-0.2, 0) is 0 Å². The topological polar surface area (TPSA) is 145 Å². The van der Waals surface area contributed by atoms with Crippen LogP contribution in [0, 0.1) is 10.1 Å². The molecule has 0 atom stereocenters. The summed E-state index contributed by atoms with van der Waals surface area (Å²) in [6.45, 7) is 0. The first-order valence-electron chi connectivity index (χ1n) is 16.3. The van der Waals surface area contributed by atoms with Crippen molar-refractivity contribution in [3.05, 3.63) is 223 Å². The maximum atomic E-state index is 12.4. The molecule has 8 aromatic rings. The third-order valence-electron chi connectivity index (χ3n) is 9.18. The Morgan fingerprint density at radius 3 is 1.16 bits per heavy atom. The Balaban J connectivity index is 1.45. The number of nitrogens with zero attached hydrogens (tertiary/aromatic N) is 4. The lowest BCUT2D eigenvalue weighted by Gasteiger charge is -2.09. The monoisotopic (exact) mass is 664 g/mol. The molecular weight excluding hydrogens is 637 g/mol. The first-order chi connectivity index (χ1) is 25.1. The minimum atomic E-state index is -0.337. The van der Waals surface area contributed by atoms with Gasteiger partial charge in [-0.2, -0.15) is 0 Å². The van der Waals surface area contributed by atoms with Crippen LogP contribution in [0.1, 0.15) is 45.0 Å². The van der Waals surface area contributed by atoms with Gasteiger partial charge < -0.3 is 19.9 Å². The van der Waals surface area contributed by atoms with Crippen molar-refractivity contribution in [3.63, 3.8) is 0 Å². The van der Waals surface area contributed by atoms with E-state index >= 15 is 0 Å². The summed E-state index contributed by atoms with van der Waals surface area (Å²) in [6.07, 6.45) is 10.7. The molecular formula is C41H28N8O2. The van der Waals surface area contributed by atoms with Crippen LogP contribution in [0.3, 0.4) is 0 Å². The Labute approximate surface area is 290 Å². The third kappa shape index (κ3) is 5.28. The van der Waals surface area contributed by atoms with E-state index in [-0.39, 0.29) is 10.6 Å². The molecule has 0 saturated heterocycles. The third-order valence-corrected chi connectivity index (χ3v) is 9.18. The molecule has 0 fully saturated rings. The standard InChI is InChI=1S/C41H28N8O2/c50-49(51)37-4-2-1-3-28(37)41-35-11-9-33(47-35)39(26-15-21-43-22-16-26)31-7-5-29(45-31)38(25-13-19-42-20-14-25)30-6-8-32(46-30)40(27-17-23-44-24-18-27)34-10-12-36(41)48-34/h1-24,45-48H. The van der Waals surface area contributed by atoms with Crippen molar-refractivity contribution in [3.8, 4) is 0 Å². The number of aromatic nitrogens is 7. The summed E-state index contributed by atoms with van der Waals surface area (Å²) in [7, 11) is 0. The highest BCUT2D eigenvalue weighted by molar-refractivity contribution is 5.86. The predicted octanol–water partition coefficient (Wildman–Crippen LogP) is 4.39. The fourth-order valence-electron chi connectivity index (χ4n) is 6.95. The first-order valence-corrected chi connectivity index (χ1v) is 16.3. The van der Waals surface area contributed by atoms with E-state index in [2.05, 4.69) is 59.2 Å². The minimum absolute atomic E-state index is 0.00748. The molecule has 1 aromatic carbocycles. The number of hydrogen-bond acceptors (Lipinski definition) is 5. The van der Waals surface area contributed by atoms with Crippen molar-refractivity contribution >= 4 is 28.0 Å². The van der Waals surface area contributed by atoms with Crippen molar-refractivity contribution in [2.75, 3.05) is 0 Å². The van der Waals surface area contributed by atoms with Gasteiger partial charge in [0.25, 0.3) is 5.69 Å². The Kier molecular flexibility index (Phi) is 7.17. The average Bonchev–Trinajstić information content (AvgIpc) is 4.01. The molecule has 10 nitrogen and oxygen atoms in total. The molecule has 9 rings (SSSR count). The summed E-state index contributed by atoms with van der Waals surface area (Å²) in [5.41, 5.74) is 10.2. The molecule has 1 aliphatic heterocycles. The Hall–Kier alpha value is -7.33. The summed E-state index contributed by atoms with van der Waals surface area (Å²) in [6, 6.07) is 35.0. The zero-order valence-electron chi connectivity index (χ0n) is 27.0. The Morgan fingerprint density at radius 2 is 0.765 bits per heavy atom. The second-order valence-electron chi connectivity index (χ2n) is 12.1. The van der Waals surface area contributed by atoms with Gasteiger partial charge in [0.05, 0.1) is 10.5 Å². The number of H-pyrrole nitrogens is 4. The van der Waals surface area contributed by atoms with E-state index in [0.717, 1.165) is 77.6 Å². The van der Waals surface area contributed by atoms with Crippen molar-refractivity contribution in [2.24, 2.45) is 0 Å². The first kappa shape index (κ1) is 29.8. The largest absolute Gasteiger partial charge is 0.354 e. The smallest absolute Gasteiger partial charge is 0.277 e. The van der Waals surface area contributed by atoms with Crippen LogP contribution in [0.2, 0.25) is 0 Å². The van der Waals surface area contributed by atoms with Crippen LogP contribution in [0.15, 0.2) is 146 Å². The van der Waals surface area contributed by atoms with Gasteiger partial charge in [-0.1, -0.05) is 12.1 Å². The molecule has 8 bridgehead atoms. The molecule has 0 spiro atoms. The Morgan fingerprint density at radius 1 is 0.412 bits per heavy atom. The van der Waals surface area contributed by atoms with Crippen molar-refractivity contribution in [1.29, 1.82) is 0 Å². The summed E-state index contributed by atoms with van der Waals surface area (Å²) in [4.78, 5) is 39.6. The highest BCUT2D eigenvalue weighted by atomic mass is 16.6. The number of para-hydroxylation sites is 1. The highest BCUT2D eigenvalue weighted by Gasteiger charge is 2.22. The average molecular weight is 665 g/mol. The van der Waals surface area contributed by atoms with E-state index in [9.17, 15) is 10.1 Å². The molecule has 0 radical (unpaired) electrons. The van der Waals surface area contributed by atoms with Gasteiger partial charge in [0.1, 0.15) is 0 Å². The number of benzene rings is 1. The minimum Gasteiger partial charge on any atom is -0.354 e. The lowest BCUT2D eigenvalue weighted by atomic mass is 10.0. The normalized spacial score (nSPS) is 12.7. The fraction of sp³-hybridized carbons (Fsp3) is 0. The van der Waals surface area contributed by atoms with Gasteiger partial charge in [0.2, 0.25) is 0 Å². The molecule has 51 heavy (non-hydrogen) atoms. The molecule has 1 aliphatic rings. The van der Waals surface area contributed by atoms with E-state index < -0.39 is 0 Å². The fourth-order valence-corrected chi connectivity index (χ4v) is 6.95. The number of rotatable bonds is 5. The molecule has 8 heterocycles. The number of fused-ring (bicyclic) bond motifs is 8. The molecule has 10 heteroatoms. The summed E-state index contributed by atoms with van der Waals surface area (Å²) >= 11 is 0. The lowest BCUT2D eigenvalue weighted by molar-refractivity contribution is -0.385. The molecule has 0 unspecified atom stereocenters. The summed E-state index contributed by atoms with van der Waals surface area (Å²) in [5.74, 6) is 0.